The van der Waals surface area contributed by atoms with Crippen LogP contribution in [0.15, 0.2) is 53.4 Å². The van der Waals surface area contributed by atoms with E-state index in [-0.39, 0.29) is 5.69 Å². The van der Waals surface area contributed by atoms with Crippen LogP contribution >= 0.6 is 11.8 Å². The lowest BCUT2D eigenvalue weighted by Crippen LogP contribution is -2.17. The molecule has 0 aliphatic heterocycles. The summed E-state index contributed by atoms with van der Waals surface area (Å²) < 4.78 is 44.0. The van der Waals surface area contributed by atoms with Gasteiger partial charge in [-0.3, -0.25) is 4.79 Å². The van der Waals surface area contributed by atoms with Crippen molar-refractivity contribution in [2.24, 2.45) is 0 Å². The highest BCUT2D eigenvalue weighted by Gasteiger charge is 2.33. The Morgan fingerprint density at radius 3 is 2.50 bits per heavy atom. The molecule has 0 saturated heterocycles. The number of halogens is 3. The van der Waals surface area contributed by atoms with E-state index in [0.717, 1.165) is 6.07 Å². The fraction of sp³-hybridized carbons (Fsp3) is 0.235. The Bertz CT molecular complexity index is 704. The van der Waals surface area contributed by atoms with E-state index in [0.29, 0.717) is 22.8 Å². The van der Waals surface area contributed by atoms with Crippen LogP contribution in [0.3, 0.4) is 0 Å². The third-order valence-corrected chi connectivity index (χ3v) is 4.20. The van der Waals surface area contributed by atoms with Crippen LogP contribution in [-0.2, 0) is 10.9 Å². The molecule has 2 rings (SSSR count). The predicted octanol–water partition coefficient (Wildman–Crippen LogP) is 4.70. The third-order valence-electron chi connectivity index (χ3n) is 3.16. The van der Waals surface area contributed by atoms with E-state index in [9.17, 15) is 18.0 Å². The Balaban J connectivity index is 2.22. The molecule has 7 heteroatoms. The van der Waals surface area contributed by atoms with Crippen LogP contribution in [0.1, 0.15) is 15.9 Å². The van der Waals surface area contributed by atoms with Crippen LogP contribution in [0, 0.1) is 0 Å². The number of amides is 1. The summed E-state index contributed by atoms with van der Waals surface area (Å²) in [5, 5.41) is 2.36. The molecule has 0 fully saturated rings. The quantitative estimate of drug-likeness (QED) is 0.603. The zero-order valence-electron chi connectivity index (χ0n) is 12.9. The van der Waals surface area contributed by atoms with Crippen molar-refractivity contribution in [3.63, 3.8) is 0 Å². The van der Waals surface area contributed by atoms with Gasteiger partial charge in [0, 0.05) is 17.8 Å². The Kier molecular flexibility index (Phi) is 6.28. The van der Waals surface area contributed by atoms with Crippen LogP contribution in [0.5, 0.6) is 0 Å². The molecule has 0 heterocycles. The molecule has 0 unspecified atom stereocenters. The minimum atomic E-state index is -4.53. The Hall–Kier alpha value is -1.99. The van der Waals surface area contributed by atoms with Crippen molar-refractivity contribution < 1.29 is 22.7 Å². The molecule has 0 aliphatic rings. The maximum Gasteiger partial charge on any atom is 0.418 e. The lowest BCUT2D eigenvalue weighted by atomic mass is 10.1. The number of carbonyl (C=O) groups is 1. The van der Waals surface area contributed by atoms with E-state index in [1.807, 2.05) is 0 Å². The second-order valence-corrected chi connectivity index (χ2v) is 5.97. The summed E-state index contributed by atoms with van der Waals surface area (Å²) in [5.74, 6) is 0.0622. The summed E-state index contributed by atoms with van der Waals surface area (Å²) in [6, 6.07) is 11.7. The zero-order valence-corrected chi connectivity index (χ0v) is 13.7. The smallest absolute Gasteiger partial charge is 0.384 e. The third kappa shape index (κ3) is 4.75. The highest BCUT2D eigenvalue weighted by atomic mass is 32.2. The molecule has 1 amide bonds. The molecule has 0 spiro atoms. The predicted molar refractivity (Wildman–Crippen MR) is 88.4 cm³/mol. The number of hydrogen-bond donors (Lipinski definition) is 1. The highest BCUT2D eigenvalue weighted by molar-refractivity contribution is 7.99. The Morgan fingerprint density at radius 1 is 1.12 bits per heavy atom. The molecule has 1 N–H and O–H groups in total. The highest BCUT2D eigenvalue weighted by Crippen LogP contribution is 2.35. The molecule has 0 saturated carbocycles. The molecular weight excluding hydrogens is 339 g/mol. The van der Waals surface area contributed by atoms with E-state index in [2.05, 4.69) is 5.32 Å². The van der Waals surface area contributed by atoms with Crippen molar-refractivity contribution in [2.75, 3.05) is 24.8 Å². The summed E-state index contributed by atoms with van der Waals surface area (Å²) in [4.78, 5) is 13.1. The van der Waals surface area contributed by atoms with Gasteiger partial charge in [-0.15, -0.1) is 11.8 Å². The molecule has 24 heavy (non-hydrogen) atoms. The molecular formula is C17H16F3NO2S. The van der Waals surface area contributed by atoms with Gasteiger partial charge in [0.15, 0.2) is 0 Å². The summed E-state index contributed by atoms with van der Waals surface area (Å²) in [6.07, 6.45) is -4.53. The van der Waals surface area contributed by atoms with Crippen LogP contribution in [-0.4, -0.2) is 25.4 Å². The van der Waals surface area contributed by atoms with Gasteiger partial charge < -0.3 is 10.1 Å². The normalized spacial score (nSPS) is 11.3. The van der Waals surface area contributed by atoms with Crippen LogP contribution in [0.2, 0.25) is 0 Å². The van der Waals surface area contributed by atoms with Gasteiger partial charge in [0.2, 0.25) is 0 Å². The standard InChI is InChI=1S/C17H16F3NO2S/c1-23-10-11-24-15-9-5-2-6-12(15)16(22)21-14-8-4-3-7-13(14)17(18,19)20/h2-9H,10-11H2,1H3,(H,21,22). The number of methoxy groups -OCH3 is 1. The average molecular weight is 355 g/mol. The van der Waals surface area contributed by atoms with Gasteiger partial charge in [-0.1, -0.05) is 24.3 Å². The molecule has 0 radical (unpaired) electrons. The summed E-state index contributed by atoms with van der Waals surface area (Å²) in [5.41, 5.74) is -0.801. The summed E-state index contributed by atoms with van der Waals surface area (Å²) >= 11 is 1.41. The van der Waals surface area contributed by atoms with Crippen molar-refractivity contribution >= 4 is 23.4 Å². The number of hydrogen-bond acceptors (Lipinski definition) is 3. The maximum atomic E-state index is 13.0. The van der Waals surface area contributed by atoms with Gasteiger partial charge in [0.1, 0.15) is 0 Å². The Morgan fingerprint density at radius 2 is 1.79 bits per heavy atom. The molecule has 2 aromatic rings. The first-order valence-corrected chi connectivity index (χ1v) is 8.10. The van der Waals surface area contributed by atoms with Crippen LogP contribution in [0.25, 0.3) is 0 Å². The number of alkyl halides is 3. The molecule has 0 bridgehead atoms. The molecule has 2 aromatic carbocycles. The topological polar surface area (TPSA) is 38.3 Å². The minimum absolute atomic E-state index is 0.258. The second-order valence-electron chi connectivity index (χ2n) is 4.83. The molecule has 0 atom stereocenters. The average Bonchev–Trinajstić information content (AvgIpc) is 2.55. The van der Waals surface area contributed by atoms with Gasteiger partial charge in [0.25, 0.3) is 5.91 Å². The van der Waals surface area contributed by atoms with Crippen molar-refractivity contribution in [1.82, 2.24) is 0 Å². The van der Waals surface area contributed by atoms with E-state index in [1.165, 1.54) is 30.0 Å². The SMILES string of the molecule is COCCSc1ccccc1C(=O)Nc1ccccc1C(F)(F)F. The van der Waals surface area contributed by atoms with Gasteiger partial charge >= 0.3 is 6.18 Å². The monoisotopic (exact) mass is 355 g/mol. The number of para-hydroxylation sites is 1. The largest absolute Gasteiger partial charge is 0.418 e. The number of benzene rings is 2. The van der Waals surface area contributed by atoms with Gasteiger partial charge in [-0.05, 0) is 24.3 Å². The van der Waals surface area contributed by atoms with E-state index < -0.39 is 17.6 Å². The first-order chi connectivity index (χ1) is 11.4. The Labute approximate surface area is 142 Å². The molecule has 128 valence electrons. The number of thioether (sulfide) groups is 1. The first kappa shape index (κ1) is 18.4. The summed E-state index contributed by atoms with van der Waals surface area (Å²) in [7, 11) is 1.58. The lowest BCUT2D eigenvalue weighted by Gasteiger charge is -2.14. The van der Waals surface area contributed by atoms with Gasteiger partial charge in [-0.25, -0.2) is 0 Å². The van der Waals surface area contributed by atoms with Crippen molar-refractivity contribution in [2.45, 2.75) is 11.1 Å². The van der Waals surface area contributed by atoms with Crippen molar-refractivity contribution in [3.05, 3.63) is 59.7 Å². The molecule has 0 aromatic heterocycles. The minimum Gasteiger partial charge on any atom is -0.384 e. The van der Waals surface area contributed by atoms with Gasteiger partial charge in [-0.2, -0.15) is 13.2 Å². The summed E-state index contributed by atoms with van der Waals surface area (Å²) in [6.45, 7) is 0.511. The van der Waals surface area contributed by atoms with E-state index in [1.54, 1.807) is 31.4 Å². The lowest BCUT2D eigenvalue weighted by molar-refractivity contribution is -0.136. The molecule has 3 nitrogen and oxygen atoms in total. The van der Waals surface area contributed by atoms with E-state index >= 15 is 0 Å². The number of nitrogens with one attached hydrogen (secondary N) is 1. The van der Waals surface area contributed by atoms with Crippen molar-refractivity contribution in [1.29, 1.82) is 0 Å². The van der Waals surface area contributed by atoms with Crippen molar-refractivity contribution in [3.8, 4) is 0 Å². The number of anilines is 1. The fourth-order valence-corrected chi connectivity index (χ4v) is 3.00. The second kappa shape index (κ2) is 8.21. The molecule has 0 aliphatic carbocycles. The number of ether oxygens (including phenoxy) is 1. The van der Waals surface area contributed by atoms with Gasteiger partial charge in [0.05, 0.1) is 23.4 Å². The zero-order chi connectivity index (χ0) is 17.6. The maximum absolute atomic E-state index is 13.0. The number of carbonyl (C=O) groups excluding carboxylic acids is 1. The van der Waals surface area contributed by atoms with Crippen LogP contribution < -0.4 is 5.32 Å². The van der Waals surface area contributed by atoms with E-state index in [4.69, 9.17) is 4.74 Å². The first-order valence-electron chi connectivity index (χ1n) is 7.12. The van der Waals surface area contributed by atoms with Crippen LogP contribution in [0.4, 0.5) is 18.9 Å². The fourth-order valence-electron chi connectivity index (χ4n) is 2.04. The number of rotatable bonds is 6.